The quantitative estimate of drug-likeness (QED) is 0.827. The lowest BCUT2D eigenvalue weighted by Crippen LogP contribution is -2.13. The van der Waals surface area contributed by atoms with Crippen molar-refractivity contribution in [1.29, 1.82) is 0 Å². The molecule has 2 heterocycles. The second-order valence-corrected chi connectivity index (χ2v) is 5.28. The first-order valence-electron chi connectivity index (χ1n) is 5.89. The molecule has 0 aliphatic heterocycles. The number of nitrogens with zero attached hydrogens (tertiary/aromatic N) is 2. The van der Waals surface area contributed by atoms with Crippen LogP contribution in [0.5, 0.6) is 0 Å². The van der Waals surface area contributed by atoms with Gasteiger partial charge in [0.1, 0.15) is 10.6 Å². The number of hydrogen-bond donors (Lipinski definition) is 1. The highest BCUT2D eigenvalue weighted by atomic mass is 35.5. The van der Waals surface area contributed by atoms with Crippen molar-refractivity contribution in [1.82, 2.24) is 9.97 Å². The van der Waals surface area contributed by atoms with Gasteiger partial charge in [-0.2, -0.15) is 0 Å². The molecule has 0 amide bonds. The summed E-state index contributed by atoms with van der Waals surface area (Å²) in [7, 11) is 0. The maximum Gasteiger partial charge on any atom is 0.225 e. The Balaban J connectivity index is 2.20. The molecule has 0 radical (unpaired) electrons. The lowest BCUT2D eigenvalue weighted by atomic mass is 10.0. The number of rotatable bonds is 5. The molecule has 0 saturated carbocycles. The van der Waals surface area contributed by atoms with Crippen molar-refractivity contribution in [2.24, 2.45) is 5.92 Å². The number of thiophene rings is 1. The average molecular weight is 270 g/mol. The number of nitrogens with one attached hydrogen (secondary N) is 1. The van der Waals surface area contributed by atoms with Crippen LogP contribution in [0.1, 0.15) is 26.7 Å². The number of fused-ring (bicyclic) bond motifs is 1. The van der Waals surface area contributed by atoms with Crippen LogP contribution in [0.15, 0.2) is 11.4 Å². The molecular formula is C12H16ClN3S. The molecule has 5 heteroatoms. The van der Waals surface area contributed by atoms with Gasteiger partial charge in [0.2, 0.25) is 5.28 Å². The van der Waals surface area contributed by atoms with Crippen LogP contribution >= 0.6 is 22.9 Å². The van der Waals surface area contributed by atoms with Gasteiger partial charge in [-0.25, -0.2) is 9.97 Å². The molecule has 1 N–H and O–H groups in total. The summed E-state index contributed by atoms with van der Waals surface area (Å²) in [6.45, 7) is 5.36. The van der Waals surface area contributed by atoms with Gasteiger partial charge in [0.15, 0.2) is 0 Å². The lowest BCUT2D eigenvalue weighted by molar-refractivity contribution is 0.518. The van der Waals surface area contributed by atoms with E-state index in [1.165, 1.54) is 12.8 Å². The minimum atomic E-state index is 0.312. The van der Waals surface area contributed by atoms with Gasteiger partial charge < -0.3 is 5.32 Å². The Morgan fingerprint density at radius 1 is 1.35 bits per heavy atom. The van der Waals surface area contributed by atoms with E-state index in [-0.39, 0.29) is 0 Å². The molecule has 92 valence electrons. The van der Waals surface area contributed by atoms with Crippen LogP contribution in [0.3, 0.4) is 0 Å². The molecule has 0 aromatic carbocycles. The van der Waals surface area contributed by atoms with Crippen LogP contribution in [0, 0.1) is 5.92 Å². The fourth-order valence-electron chi connectivity index (χ4n) is 1.78. The molecule has 0 saturated heterocycles. The molecule has 0 spiro atoms. The number of aromatic nitrogens is 2. The van der Waals surface area contributed by atoms with E-state index < -0.39 is 0 Å². The van der Waals surface area contributed by atoms with E-state index in [0.717, 1.165) is 22.6 Å². The molecule has 17 heavy (non-hydrogen) atoms. The third-order valence-electron chi connectivity index (χ3n) is 3.01. The molecule has 2 aromatic rings. The Morgan fingerprint density at radius 2 is 2.12 bits per heavy atom. The third kappa shape index (κ3) is 2.87. The Labute approximate surface area is 110 Å². The van der Waals surface area contributed by atoms with E-state index in [1.54, 1.807) is 11.3 Å². The van der Waals surface area contributed by atoms with Gasteiger partial charge in [-0.05, 0) is 29.0 Å². The van der Waals surface area contributed by atoms with Crippen molar-refractivity contribution in [2.75, 3.05) is 11.9 Å². The number of halogens is 1. The highest BCUT2D eigenvalue weighted by Gasteiger charge is 2.09. The zero-order valence-corrected chi connectivity index (χ0v) is 11.6. The highest BCUT2D eigenvalue weighted by Crippen LogP contribution is 2.26. The highest BCUT2D eigenvalue weighted by molar-refractivity contribution is 7.16. The zero-order valence-electron chi connectivity index (χ0n) is 10.0. The molecule has 0 aliphatic carbocycles. The summed E-state index contributed by atoms with van der Waals surface area (Å²) in [5, 5.41) is 6.77. The third-order valence-corrected chi connectivity index (χ3v) is 3.99. The summed E-state index contributed by atoms with van der Waals surface area (Å²) in [5.74, 6) is 1.53. The largest absolute Gasteiger partial charge is 0.369 e. The van der Waals surface area contributed by atoms with Gasteiger partial charge in [-0.3, -0.25) is 0 Å². The number of anilines is 1. The Morgan fingerprint density at radius 3 is 2.82 bits per heavy atom. The predicted molar refractivity (Wildman–Crippen MR) is 75.0 cm³/mol. The second kappa shape index (κ2) is 5.65. The first-order valence-corrected chi connectivity index (χ1v) is 7.15. The van der Waals surface area contributed by atoms with Crippen molar-refractivity contribution in [3.8, 4) is 0 Å². The van der Waals surface area contributed by atoms with Crippen LogP contribution in [-0.4, -0.2) is 16.5 Å². The topological polar surface area (TPSA) is 37.8 Å². The molecule has 0 fully saturated rings. The first-order chi connectivity index (χ1) is 8.24. The van der Waals surface area contributed by atoms with Crippen molar-refractivity contribution in [3.05, 3.63) is 16.7 Å². The van der Waals surface area contributed by atoms with Gasteiger partial charge in [-0.1, -0.05) is 26.7 Å². The van der Waals surface area contributed by atoms with E-state index in [9.17, 15) is 0 Å². The lowest BCUT2D eigenvalue weighted by Gasteiger charge is -2.14. The summed E-state index contributed by atoms with van der Waals surface area (Å²) in [5.41, 5.74) is 0. The molecule has 0 unspecified atom stereocenters. The van der Waals surface area contributed by atoms with Gasteiger partial charge in [-0.15, -0.1) is 11.3 Å². The van der Waals surface area contributed by atoms with E-state index >= 15 is 0 Å². The fraction of sp³-hybridized carbons (Fsp3) is 0.500. The monoisotopic (exact) mass is 269 g/mol. The van der Waals surface area contributed by atoms with Crippen molar-refractivity contribution in [2.45, 2.75) is 26.7 Å². The van der Waals surface area contributed by atoms with Gasteiger partial charge in [0.05, 0.1) is 5.39 Å². The predicted octanol–water partition coefficient (Wildman–Crippen LogP) is 4.19. The van der Waals surface area contributed by atoms with Crippen LogP contribution in [0.2, 0.25) is 5.28 Å². The van der Waals surface area contributed by atoms with Crippen LogP contribution in [0.4, 0.5) is 5.82 Å². The van der Waals surface area contributed by atoms with Crippen LogP contribution in [-0.2, 0) is 0 Å². The summed E-state index contributed by atoms with van der Waals surface area (Å²) < 4.78 is 0. The Kier molecular flexibility index (Phi) is 4.18. The zero-order chi connectivity index (χ0) is 12.3. The molecule has 0 bridgehead atoms. The van der Waals surface area contributed by atoms with Gasteiger partial charge in [0, 0.05) is 6.54 Å². The maximum absolute atomic E-state index is 5.91. The van der Waals surface area contributed by atoms with Crippen LogP contribution < -0.4 is 5.32 Å². The molecule has 3 nitrogen and oxygen atoms in total. The maximum atomic E-state index is 5.91. The van der Waals surface area contributed by atoms with E-state index in [4.69, 9.17) is 11.6 Å². The number of hydrogen-bond acceptors (Lipinski definition) is 4. The van der Waals surface area contributed by atoms with E-state index in [1.807, 2.05) is 11.4 Å². The van der Waals surface area contributed by atoms with Crippen molar-refractivity contribution >= 4 is 39.0 Å². The summed E-state index contributed by atoms with van der Waals surface area (Å²) in [4.78, 5) is 9.40. The summed E-state index contributed by atoms with van der Waals surface area (Å²) >= 11 is 7.49. The van der Waals surface area contributed by atoms with E-state index in [0.29, 0.717) is 11.2 Å². The van der Waals surface area contributed by atoms with Crippen molar-refractivity contribution < 1.29 is 0 Å². The van der Waals surface area contributed by atoms with Crippen LogP contribution in [0.25, 0.3) is 10.2 Å². The summed E-state index contributed by atoms with van der Waals surface area (Å²) in [6, 6.07) is 2.03. The molecule has 2 aromatic heterocycles. The normalized spacial score (nSPS) is 11.3. The first kappa shape index (κ1) is 12.6. The standard InChI is InChI=1S/C12H16ClN3S/c1-3-8(4-2)7-14-10-9-5-6-17-11(9)16-12(13)15-10/h5-6,8H,3-4,7H2,1-2H3,(H,14,15,16). The fourth-order valence-corrected chi connectivity index (χ4v) is 2.77. The van der Waals surface area contributed by atoms with Crippen molar-refractivity contribution in [3.63, 3.8) is 0 Å². The minimum Gasteiger partial charge on any atom is -0.369 e. The Hall–Kier alpha value is -0.870. The van der Waals surface area contributed by atoms with E-state index in [2.05, 4.69) is 29.1 Å². The smallest absolute Gasteiger partial charge is 0.225 e. The molecule has 0 atom stereocenters. The molecule has 0 aliphatic rings. The van der Waals surface area contributed by atoms with Gasteiger partial charge >= 0.3 is 0 Å². The molecular weight excluding hydrogens is 254 g/mol. The second-order valence-electron chi connectivity index (χ2n) is 4.04. The van der Waals surface area contributed by atoms with Gasteiger partial charge in [0.25, 0.3) is 0 Å². The average Bonchev–Trinajstić information content (AvgIpc) is 2.78. The SMILES string of the molecule is CCC(CC)CNc1nc(Cl)nc2sccc12. The summed E-state index contributed by atoms with van der Waals surface area (Å²) in [6.07, 6.45) is 2.35. The Bertz CT molecular complexity index is 493. The minimum absolute atomic E-state index is 0.312. The molecule has 2 rings (SSSR count).